The zero-order chi connectivity index (χ0) is 12.8. The summed E-state index contributed by atoms with van der Waals surface area (Å²) in [6.45, 7) is 2.75. The van der Waals surface area contributed by atoms with Gasteiger partial charge in [-0.05, 0) is 32.2 Å². The molecule has 1 aromatic rings. The third-order valence-electron chi connectivity index (χ3n) is 2.12. The van der Waals surface area contributed by atoms with Gasteiger partial charge in [0.25, 0.3) is 0 Å². The number of hydrogen-bond acceptors (Lipinski definition) is 3. The largest absolute Gasteiger partial charge is 0.327 e. The second-order valence-electron chi connectivity index (χ2n) is 4.23. The first-order valence-corrected chi connectivity index (χ1v) is 5.47. The molecule has 1 unspecified atom stereocenters. The maximum atomic E-state index is 12.9. The number of likely N-dealkylation sites (N-methyl/N-ethyl adjacent to an activating group) is 1. The van der Waals surface area contributed by atoms with Crippen LogP contribution in [0.15, 0.2) is 24.3 Å². The Bertz CT molecular complexity index is 387. The Kier molecular flexibility index (Phi) is 7.50. The number of anilines is 1. The molecule has 1 rings (SSSR count). The topological polar surface area (TPSA) is 58.4 Å². The highest BCUT2D eigenvalue weighted by atomic mass is 35.5. The Hall–Kier alpha value is -1.17. The number of amides is 1. The molecule has 0 heterocycles. The third kappa shape index (κ3) is 6.54. The Labute approximate surface area is 113 Å². The summed E-state index contributed by atoms with van der Waals surface area (Å²) in [5.74, 6) is -0.550. The average molecular weight is 276 g/mol. The predicted molar refractivity (Wildman–Crippen MR) is 73.4 cm³/mol. The first-order chi connectivity index (χ1) is 7.97. The van der Waals surface area contributed by atoms with E-state index in [1.54, 1.807) is 12.1 Å². The van der Waals surface area contributed by atoms with Crippen molar-refractivity contribution in [2.75, 3.05) is 25.5 Å². The maximum absolute atomic E-state index is 12.9. The van der Waals surface area contributed by atoms with Crippen molar-refractivity contribution in [2.45, 2.75) is 13.0 Å². The fourth-order valence-corrected chi connectivity index (χ4v) is 1.57. The zero-order valence-corrected chi connectivity index (χ0v) is 11.3. The summed E-state index contributed by atoms with van der Waals surface area (Å²) in [7, 11) is 1.81. The molecule has 0 aliphatic carbocycles. The molecule has 102 valence electrons. The Balaban J connectivity index is 0.00000289. The monoisotopic (exact) mass is 275 g/mol. The lowest BCUT2D eigenvalue weighted by Crippen LogP contribution is -2.37. The molecule has 0 saturated heterocycles. The van der Waals surface area contributed by atoms with E-state index in [0.29, 0.717) is 12.2 Å². The van der Waals surface area contributed by atoms with E-state index in [2.05, 4.69) is 5.32 Å². The van der Waals surface area contributed by atoms with Crippen molar-refractivity contribution < 1.29 is 9.18 Å². The number of nitrogens with two attached hydrogens (primary N) is 1. The Morgan fingerprint density at radius 1 is 1.56 bits per heavy atom. The number of benzene rings is 1. The molecule has 1 aromatic carbocycles. The van der Waals surface area contributed by atoms with Crippen molar-refractivity contribution in [3.05, 3.63) is 30.1 Å². The van der Waals surface area contributed by atoms with Gasteiger partial charge in [-0.2, -0.15) is 0 Å². The number of carbonyl (C=O) groups excluding carboxylic acids is 1. The molecular formula is C12H19ClFN3O. The fraction of sp³-hybridized carbons (Fsp3) is 0.417. The standard InChI is InChI=1S/C12H18FN3O.ClH/c1-9(14)7-16(2)8-12(17)15-11-5-3-4-10(13)6-11;/h3-6,9H,7-8,14H2,1-2H3,(H,15,17);1H. The van der Waals surface area contributed by atoms with E-state index >= 15 is 0 Å². The lowest BCUT2D eigenvalue weighted by molar-refractivity contribution is -0.117. The fourth-order valence-electron chi connectivity index (χ4n) is 1.57. The van der Waals surface area contributed by atoms with Crippen molar-refractivity contribution in [2.24, 2.45) is 5.73 Å². The molecule has 4 nitrogen and oxygen atoms in total. The van der Waals surface area contributed by atoms with Crippen LogP contribution in [0.5, 0.6) is 0 Å². The minimum atomic E-state index is -0.369. The van der Waals surface area contributed by atoms with E-state index in [1.165, 1.54) is 12.1 Å². The first-order valence-electron chi connectivity index (χ1n) is 5.47. The second kappa shape index (κ2) is 8.02. The normalized spacial score (nSPS) is 11.8. The van der Waals surface area contributed by atoms with Gasteiger partial charge in [0.2, 0.25) is 5.91 Å². The number of nitrogens with one attached hydrogen (secondary N) is 1. The van der Waals surface area contributed by atoms with Crippen LogP contribution in [0.3, 0.4) is 0 Å². The molecule has 0 spiro atoms. The highest BCUT2D eigenvalue weighted by Crippen LogP contribution is 2.08. The minimum absolute atomic E-state index is 0. The highest BCUT2D eigenvalue weighted by Gasteiger charge is 2.08. The summed E-state index contributed by atoms with van der Waals surface area (Å²) in [6.07, 6.45) is 0. The molecule has 0 aliphatic heterocycles. The van der Waals surface area contributed by atoms with Crippen LogP contribution in [0, 0.1) is 5.82 Å². The van der Waals surface area contributed by atoms with Gasteiger partial charge in [-0.25, -0.2) is 4.39 Å². The highest BCUT2D eigenvalue weighted by molar-refractivity contribution is 5.92. The van der Waals surface area contributed by atoms with Gasteiger partial charge in [-0.3, -0.25) is 9.69 Å². The number of halogens is 2. The van der Waals surface area contributed by atoms with E-state index in [9.17, 15) is 9.18 Å². The maximum Gasteiger partial charge on any atom is 0.238 e. The number of nitrogens with zero attached hydrogens (tertiary/aromatic N) is 1. The molecule has 0 aliphatic rings. The zero-order valence-electron chi connectivity index (χ0n) is 10.5. The van der Waals surface area contributed by atoms with Crippen molar-refractivity contribution in [1.82, 2.24) is 4.90 Å². The number of hydrogen-bond donors (Lipinski definition) is 2. The SMILES string of the molecule is CC(N)CN(C)CC(=O)Nc1cccc(F)c1.Cl. The summed E-state index contributed by atoms with van der Waals surface area (Å²) in [6, 6.07) is 5.83. The van der Waals surface area contributed by atoms with Gasteiger partial charge in [0.05, 0.1) is 6.54 Å². The van der Waals surface area contributed by atoms with Crippen LogP contribution in [-0.2, 0) is 4.79 Å². The van der Waals surface area contributed by atoms with Crippen molar-refractivity contribution >= 4 is 24.0 Å². The molecule has 0 bridgehead atoms. The number of rotatable bonds is 5. The van der Waals surface area contributed by atoms with Gasteiger partial charge >= 0.3 is 0 Å². The summed E-state index contributed by atoms with van der Waals surface area (Å²) < 4.78 is 12.9. The molecule has 0 radical (unpaired) electrons. The van der Waals surface area contributed by atoms with Gasteiger partial charge < -0.3 is 11.1 Å². The van der Waals surface area contributed by atoms with Crippen molar-refractivity contribution in [3.8, 4) is 0 Å². The molecular weight excluding hydrogens is 257 g/mol. The molecule has 6 heteroatoms. The summed E-state index contributed by atoms with van der Waals surface area (Å²) in [5, 5.41) is 2.63. The van der Waals surface area contributed by atoms with E-state index in [4.69, 9.17) is 5.73 Å². The van der Waals surface area contributed by atoms with Gasteiger partial charge in [0.1, 0.15) is 5.82 Å². The summed E-state index contributed by atoms with van der Waals surface area (Å²) >= 11 is 0. The van der Waals surface area contributed by atoms with E-state index in [1.807, 2.05) is 18.9 Å². The summed E-state index contributed by atoms with van der Waals surface area (Å²) in [5.41, 5.74) is 6.08. The van der Waals surface area contributed by atoms with Crippen LogP contribution in [0.25, 0.3) is 0 Å². The second-order valence-corrected chi connectivity index (χ2v) is 4.23. The third-order valence-corrected chi connectivity index (χ3v) is 2.12. The molecule has 0 fully saturated rings. The molecule has 18 heavy (non-hydrogen) atoms. The molecule has 1 atom stereocenters. The van der Waals surface area contributed by atoms with E-state index in [0.717, 1.165) is 0 Å². The van der Waals surface area contributed by atoms with Crippen LogP contribution < -0.4 is 11.1 Å². The predicted octanol–water partition coefficient (Wildman–Crippen LogP) is 1.47. The minimum Gasteiger partial charge on any atom is -0.327 e. The quantitative estimate of drug-likeness (QED) is 0.855. The molecule has 0 saturated carbocycles. The van der Waals surface area contributed by atoms with E-state index in [-0.39, 0.29) is 36.7 Å². The van der Waals surface area contributed by atoms with Crippen LogP contribution in [0.2, 0.25) is 0 Å². The lowest BCUT2D eigenvalue weighted by Gasteiger charge is -2.18. The molecule has 3 N–H and O–H groups in total. The van der Waals surface area contributed by atoms with Crippen LogP contribution in [-0.4, -0.2) is 37.0 Å². The first kappa shape index (κ1) is 16.8. The van der Waals surface area contributed by atoms with Crippen molar-refractivity contribution in [1.29, 1.82) is 0 Å². The van der Waals surface area contributed by atoms with E-state index < -0.39 is 0 Å². The molecule has 0 aromatic heterocycles. The van der Waals surface area contributed by atoms with Gasteiger partial charge in [-0.15, -0.1) is 12.4 Å². The average Bonchev–Trinajstić information content (AvgIpc) is 2.14. The lowest BCUT2D eigenvalue weighted by atomic mass is 10.3. The summed E-state index contributed by atoms with van der Waals surface area (Å²) in [4.78, 5) is 13.4. The molecule has 1 amide bonds. The van der Waals surface area contributed by atoms with Gasteiger partial charge in [0.15, 0.2) is 0 Å². The van der Waals surface area contributed by atoms with Crippen LogP contribution in [0.4, 0.5) is 10.1 Å². The van der Waals surface area contributed by atoms with Crippen LogP contribution in [0.1, 0.15) is 6.92 Å². The smallest absolute Gasteiger partial charge is 0.238 e. The van der Waals surface area contributed by atoms with Crippen LogP contribution >= 0.6 is 12.4 Å². The van der Waals surface area contributed by atoms with Gasteiger partial charge in [0, 0.05) is 18.3 Å². The number of carbonyl (C=O) groups is 1. The Morgan fingerprint density at radius 2 is 2.22 bits per heavy atom. The van der Waals surface area contributed by atoms with Gasteiger partial charge in [-0.1, -0.05) is 6.07 Å². The Morgan fingerprint density at radius 3 is 2.78 bits per heavy atom. The van der Waals surface area contributed by atoms with Crippen molar-refractivity contribution in [3.63, 3.8) is 0 Å².